The summed E-state index contributed by atoms with van der Waals surface area (Å²) in [6.07, 6.45) is 2.76. The minimum Gasteiger partial charge on any atom is -0.394 e. The minimum absolute atomic E-state index is 0.247. The van der Waals surface area contributed by atoms with Gasteiger partial charge in [0.15, 0.2) is 5.82 Å². The van der Waals surface area contributed by atoms with Crippen molar-refractivity contribution < 1.29 is 10.2 Å². The second-order valence-electron chi connectivity index (χ2n) is 3.96. The van der Waals surface area contributed by atoms with E-state index < -0.39 is 6.10 Å². The Morgan fingerprint density at radius 3 is 2.83 bits per heavy atom. The lowest BCUT2D eigenvalue weighted by molar-refractivity contribution is 0.0992. The van der Waals surface area contributed by atoms with Crippen molar-refractivity contribution in [2.75, 3.05) is 20.7 Å². The van der Waals surface area contributed by atoms with Gasteiger partial charge in [0, 0.05) is 32.3 Å². The normalized spacial score (nSPS) is 12.0. The lowest BCUT2D eigenvalue weighted by Crippen LogP contribution is -2.09. The lowest BCUT2D eigenvalue weighted by Gasteiger charge is -2.01. The van der Waals surface area contributed by atoms with Gasteiger partial charge in [-0.05, 0) is 12.1 Å². The SMILES string of the molecule is CN(C)/C=N/c1ccc(C#CC[C@H](O)CO)cn1. The molecule has 0 fully saturated rings. The number of aromatic nitrogens is 1. The maximum absolute atomic E-state index is 9.11. The van der Waals surface area contributed by atoms with Crippen LogP contribution in [-0.2, 0) is 0 Å². The molecule has 1 rings (SSSR count). The molecule has 0 bridgehead atoms. The fourth-order valence-electron chi connectivity index (χ4n) is 1.05. The Morgan fingerprint density at radius 2 is 2.28 bits per heavy atom. The molecule has 0 amide bonds. The Labute approximate surface area is 107 Å². The molecule has 0 aliphatic rings. The zero-order valence-electron chi connectivity index (χ0n) is 10.5. The van der Waals surface area contributed by atoms with Crippen molar-refractivity contribution in [3.63, 3.8) is 0 Å². The molecule has 0 radical (unpaired) electrons. The maximum Gasteiger partial charge on any atom is 0.153 e. The molecule has 0 aliphatic carbocycles. The molecule has 0 aliphatic heterocycles. The topological polar surface area (TPSA) is 69.0 Å². The van der Waals surface area contributed by atoms with Crippen LogP contribution in [-0.4, -0.2) is 53.2 Å². The number of aliphatic hydroxyl groups is 2. The molecule has 0 spiro atoms. The number of hydrogen-bond donors (Lipinski definition) is 2. The van der Waals surface area contributed by atoms with Crippen LogP contribution in [0, 0.1) is 11.8 Å². The predicted octanol–water partition coefficient (Wildman–Crippen LogP) is 0.398. The Bertz CT molecular complexity index is 444. The molecule has 18 heavy (non-hydrogen) atoms. The largest absolute Gasteiger partial charge is 0.394 e. The Hall–Kier alpha value is -1.90. The molecule has 1 atom stereocenters. The first kappa shape index (κ1) is 14.2. The van der Waals surface area contributed by atoms with Crippen molar-refractivity contribution in [1.82, 2.24) is 9.88 Å². The van der Waals surface area contributed by atoms with Crippen molar-refractivity contribution in [2.24, 2.45) is 4.99 Å². The zero-order valence-corrected chi connectivity index (χ0v) is 10.5. The number of rotatable bonds is 4. The van der Waals surface area contributed by atoms with Gasteiger partial charge in [-0.15, -0.1) is 0 Å². The summed E-state index contributed by atoms with van der Waals surface area (Å²) in [5.74, 6) is 6.25. The van der Waals surface area contributed by atoms with E-state index in [4.69, 9.17) is 10.2 Å². The Kier molecular flexibility index (Phi) is 5.85. The van der Waals surface area contributed by atoms with Crippen LogP contribution >= 0.6 is 0 Å². The van der Waals surface area contributed by atoms with Gasteiger partial charge in [0.05, 0.1) is 19.0 Å². The number of aliphatic imine (C=N–C) groups is 1. The van der Waals surface area contributed by atoms with Gasteiger partial charge in [-0.25, -0.2) is 9.98 Å². The second-order valence-corrected chi connectivity index (χ2v) is 3.96. The van der Waals surface area contributed by atoms with Crippen LogP contribution in [0.15, 0.2) is 23.3 Å². The third kappa shape index (κ3) is 5.43. The molecule has 5 nitrogen and oxygen atoms in total. The molecular weight excluding hydrogens is 230 g/mol. The smallest absolute Gasteiger partial charge is 0.153 e. The van der Waals surface area contributed by atoms with Crippen LogP contribution in [0.5, 0.6) is 0 Å². The molecule has 5 heteroatoms. The van der Waals surface area contributed by atoms with Gasteiger partial charge in [-0.3, -0.25) is 0 Å². The molecule has 2 N–H and O–H groups in total. The van der Waals surface area contributed by atoms with Crippen molar-refractivity contribution >= 4 is 12.2 Å². The van der Waals surface area contributed by atoms with E-state index in [2.05, 4.69) is 21.8 Å². The first-order valence-electron chi connectivity index (χ1n) is 5.56. The van der Waals surface area contributed by atoms with Gasteiger partial charge in [0.2, 0.25) is 0 Å². The molecule has 1 heterocycles. The lowest BCUT2D eigenvalue weighted by atomic mass is 10.2. The van der Waals surface area contributed by atoms with Crippen LogP contribution in [0.25, 0.3) is 0 Å². The molecule has 1 aromatic rings. The summed E-state index contributed by atoms with van der Waals surface area (Å²) in [5, 5.41) is 17.7. The van der Waals surface area contributed by atoms with Gasteiger partial charge >= 0.3 is 0 Å². The van der Waals surface area contributed by atoms with Gasteiger partial charge in [-0.2, -0.15) is 0 Å². The van der Waals surface area contributed by atoms with E-state index in [9.17, 15) is 0 Å². The molecular formula is C13H17N3O2. The quantitative estimate of drug-likeness (QED) is 0.459. The average molecular weight is 247 g/mol. The third-order valence-corrected chi connectivity index (χ3v) is 1.95. The standard InChI is InChI=1S/C13H17N3O2/c1-16(2)10-15-13-7-6-11(8-14-13)4-3-5-12(18)9-17/h6-8,10,12,17-18H,5,9H2,1-2H3/b15-10+/t12-/m0/s1. The minimum atomic E-state index is -0.783. The Morgan fingerprint density at radius 1 is 1.50 bits per heavy atom. The highest BCUT2D eigenvalue weighted by atomic mass is 16.3. The first-order chi connectivity index (χ1) is 8.61. The molecule has 0 unspecified atom stereocenters. The van der Waals surface area contributed by atoms with E-state index in [1.807, 2.05) is 25.1 Å². The summed E-state index contributed by atoms with van der Waals surface area (Å²) in [6, 6.07) is 3.58. The summed E-state index contributed by atoms with van der Waals surface area (Å²) in [5.41, 5.74) is 0.754. The summed E-state index contributed by atoms with van der Waals surface area (Å²) in [6.45, 7) is -0.273. The van der Waals surface area contributed by atoms with Crippen molar-refractivity contribution in [3.05, 3.63) is 23.9 Å². The van der Waals surface area contributed by atoms with Crippen LogP contribution in [0.2, 0.25) is 0 Å². The van der Waals surface area contributed by atoms with Crippen molar-refractivity contribution in [2.45, 2.75) is 12.5 Å². The van der Waals surface area contributed by atoms with E-state index in [0.717, 1.165) is 5.56 Å². The monoisotopic (exact) mass is 247 g/mol. The average Bonchev–Trinajstić information content (AvgIpc) is 2.37. The second kappa shape index (κ2) is 7.43. The number of aliphatic hydroxyl groups excluding tert-OH is 2. The highest BCUT2D eigenvalue weighted by Gasteiger charge is 1.96. The number of nitrogens with zero attached hydrogens (tertiary/aromatic N) is 3. The van der Waals surface area contributed by atoms with Crippen LogP contribution in [0.1, 0.15) is 12.0 Å². The van der Waals surface area contributed by atoms with Crippen LogP contribution in [0.3, 0.4) is 0 Å². The van der Waals surface area contributed by atoms with E-state index in [1.165, 1.54) is 0 Å². The first-order valence-corrected chi connectivity index (χ1v) is 5.56. The predicted molar refractivity (Wildman–Crippen MR) is 70.7 cm³/mol. The van der Waals surface area contributed by atoms with Crippen molar-refractivity contribution in [3.8, 4) is 11.8 Å². The van der Waals surface area contributed by atoms with Crippen molar-refractivity contribution in [1.29, 1.82) is 0 Å². The van der Waals surface area contributed by atoms with Gasteiger partial charge in [0.1, 0.15) is 0 Å². The summed E-state index contributed by atoms with van der Waals surface area (Å²) < 4.78 is 0. The van der Waals surface area contributed by atoms with Gasteiger partial charge in [0.25, 0.3) is 0 Å². The van der Waals surface area contributed by atoms with E-state index in [0.29, 0.717) is 5.82 Å². The van der Waals surface area contributed by atoms with Gasteiger partial charge < -0.3 is 15.1 Å². The summed E-state index contributed by atoms with van der Waals surface area (Å²) in [7, 11) is 3.77. The van der Waals surface area contributed by atoms with E-state index in [-0.39, 0.29) is 13.0 Å². The Balaban J connectivity index is 2.60. The van der Waals surface area contributed by atoms with E-state index in [1.54, 1.807) is 18.6 Å². The number of hydrogen-bond acceptors (Lipinski definition) is 4. The molecule has 96 valence electrons. The third-order valence-electron chi connectivity index (χ3n) is 1.95. The number of pyridine rings is 1. The molecule has 0 aromatic carbocycles. The van der Waals surface area contributed by atoms with Crippen LogP contribution in [0.4, 0.5) is 5.82 Å². The molecule has 0 saturated heterocycles. The van der Waals surface area contributed by atoms with Gasteiger partial charge in [-0.1, -0.05) is 11.8 Å². The zero-order chi connectivity index (χ0) is 13.4. The maximum atomic E-state index is 9.11. The molecule has 1 aromatic heterocycles. The molecule has 0 saturated carbocycles. The fourth-order valence-corrected chi connectivity index (χ4v) is 1.05. The highest BCUT2D eigenvalue weighted by molar-refractivity contribution is 5.59. The summed E-state index contributed by atoms with van der Waals surface area (Å²) >= 11 is 0. The van der Waals surface area contributed by atoms with E-state index >= 15 is 0 Å². The fraction of sp³-hybridized carbons (Fsp3) is 0.385. The van der Waals surface area contributed by atoms with Crippen LogP contribution < -0.4 is 0 Å². The highest BCUT2D eigenvalue weighted by Crippen LogP contribution is 2.07. The summed E-state index contributed by atoms with van der Waals surface area (Å²) in [4.78, 5) is 10.1.